The summed E-state index contributed by atoms with van der Waals surface area (Å²) in [6, 6.07) is 8.38. The van der Waals surface area contributed by atoms with E-state index >= 15 is 0 Å². The molecule has 1 spiro atoms. The van der Waals surface area contributed by atoms with Gasteiger partial charge in [-0.15, -0.1) is 0 Å². The van der Waals surface area contributed by atoms with Crippen molar-refractivity contribution in [1.29, 1.82) is 0 Å². The van der Waals surface area contributed by atoms with E-state index < -0.39 is 0 Å². The molecular weight excluding hydrogens is 250 g/mol. The van der Waals surface area contributed by atoms with E-state index in [1.165, 1.54) is 31.2 Å². The van der Waals surface area contributed by atoms with Gasteiger partial charge in [-0.25, -0.2) is 0 Å². The quantitative estimate of drug-likeness (QED) is 0.918. The highest BCUT2D eigenvalue weighted by atomic mass is 16.5. The van der Waals surface area contributed by atoms with Crippen LogP contribution in [0.1, 0.15) is 44.1 Å². The van der Waals surface area contributed by atoms with Crippen molar-refractivity contribution in [3.63, 3.8) is 0 Å². The first-order chi connectivity index (χ1) is 9.80. The highest BCUT2D eigenvalue weighted by Gasteiger charge is 2.40. The number of hydrogen-bond donors (Lipinski definition) is 1. The normalized spacial score (nSPS) is 24.9. The fourth-order valence-corrected chi connectivity index (χ4v) is 3.54. The van der Waals surface area contributed by atoms with Gasteiger partial charge in [0, 0.05) is 12.8 Å². The van der Waals surface area contributed by atoms with Crippen LogP contribution in [0.25, 0.3) is 0 Å². The van der Waals surface area contributed by atoms with Gasteiger partial charge in [0.15, 0.2) is 0 Å². The molecule has 1 aliphatic heterocycles. The molecule has 2 aliphatic rings. The third-order valence-corrected chi connectivity index (χ3v) is 4.62. The number of hydrogen-bond acceptors (Lipinski definition) is 3. The van der Waals surface area contributed by atoms with E-state index in [4.69, 9.17) is 15.2 Å². The summed E-state index contributed by atoms with van der Waals surface area (Å²) in [5.74, 6) is 0.978. The van der Waals surface area contributed by atoms with Crippen molar-refractivity contribution in [2.45, 2.75) is 56.7 Å². The Hall–Kier alpha value is -1.06. The molecule has 1 heterocycles. The zero-order chi connectivity index (χ0) is 13.8. The van der Waals surface area contributed by atoms with Crippen LogP contribution in [0.4, 0.5) is 0 Å². The second-order valence-electron chi connectivity index (χ2n) is 6.15. The standard InChI is InChI=1S/C17H25NO2/c18-11-7-14-3-5-15(6-4-14)20-16-8-12-19-17(13-16)9-1-2-10-17/h3-6,16H,1-2,7-13,18H2. The van der Waals surface area contributed by atoms with E-state index in [-0.39, 0.29) is 5.60 Å². The maximum absolute atomic E-state index is 6.16. The van der Waals surface area contributed by atoms with Crippen molar-refractivity contribution in [2.75, 3.05) is 13.2 Å². The summed E-state index contributed by atoms with van der Waals surface area (Å²) in [6.07, 6.45) is 8.33. The van der Waals surface area contributed by atoms with Gasteiger partial charge in [0.2, 0.25) is 0 Å². The Morgan fingerprint density at radius 2 is 1.95 bits per heavy atom. The Morgan fingerprint density at radius 1 is 1.20 bits per heavy atom. The van der Waals surface area contributed by atoms with E-state index in [1.54, 1.807) is 0 Å². The van der Waals surface area contributed by atoms with Gasteiger partial charge >= 0.3 is 0 Å². The molecule has 1 unspecified atom stereocenters. The number of benzene rings is 1. The summed E-state index contributed by atoms with van der Waals surface area (Å²) in [5.41, 5.74) is 6.97. The minimum atomic E-state index is 0.127. The van der Waals surface area contributed by atoms with Crippen molar-refractivity contribution in [3.05, 3.63) is 29.8 Å². The second kappa shape index (κ2) is 6.15. The monoisotopic (exact) mass is 275 g/mol. The Labute approximate surface area is 121 Å². The Morgan fingerprint density at radius 3 is 2.65 bits per heavy atom. The van der Waals surface area contributed by atoms with E-state index in [0.29, 0.717) is 12.6 Å². The van der Waals surface area contributed by atoms with Crippen LogP contribution in [-0.4, -0.2) is 24.9 Å². The molecule has 1 aromatic carbocycles. The molecule has 1 aliphatic carbocycles. The lowest BCUT2D eigenvalue weighted by molar-refractivity contribution is -0.108. The highest BCUT2D eigenvalue weighted by molar-refractivity contribution is 5.27. The van der Waals surface area contributed by atoms with Gasteiger partial charge in [-0.2, -0.15) is 0 Å². The fraction of sp³-hybridized carbons (Fsp3) is 0.647. The Kier molecular flexibility index (Phi) is 4.27. The largest absolute Gasteiger partial charge is 0.490 e. The number of ether oxygens (including phenoxy) is 2. The van der Waals surface area contributed by atoms with Crippen LogP contribution < -0.4 is 10.5 Å². The van der Waals surface area contributed by atoms with Crippen LogP contribution in [0, 0.1) is 0 Å². The third kappa shape index (κ3) is 3.15. The molecule has 3 nitrogen and oxygen atoms in total. The van der Waals surface area contributed by atoms with Gasteiger partial charge in [0.1, 0.15) is 11.9 Å². The van der Waals surface area contributed by atoms with Crippen molar-refractivity contribution >= 4 is 0 Å². The van der Waals surface area contributed by atoms with Crippen molar-refractivity contribution in [3.8, 4) is 5.75 Å². The summed E-state index contributed by atoms with van der Waals surface area (Å²) in [4.78, 5) is 0. The first-order valence-electron chi connectivity index (χ1n) is 7.89. The average Bonchev–Trinajstić information content (AvgIpc) is 2.89. The van der Waals surface area contributed by atoms with Gasteiger partial charge in [-0.05, 0) is 43.5 Å². The predicted molar refractivity (Wildman–Crippen MR) is 80.0 cm³/mol. The number of rotatable bonds is 4. The summed E-state index contributed by atoms with van der Waals surface area (Å²) >= 11 is 0. The second-order valence-corrected chi connectivity index (χ2v) is 6.15. The molecule has 0 bridgehead atoms. The molecule has 0 radical (unpaired) electrons. The Bertz CT molecular complexity index is 423. The lowest BCUT2D eigenvalue weighted by Gasteiger charge is -2.38. The van der Waals surface area contributed by atoms with Crippen LogP contribution in [0.2, 0.25) is 0 Å². The van der Waals surface area contributed by atoms with Crippen LogP contribution in [0.5, 0.6) is 5.75 Å². The average molecular weight is 275 g/mol. The zero-order valence-electron chi connectivity index (χ0n) is 12.1. The molecule has 1 atom stereocenters. The van der Waals surface area contributed by atoms with Gasteiger partial charge in [0.25, 0.3) is 0 Å². The highest BCUT2D eigenvalue weighted by Crippen LogP contribution is 2.40. The lowest BCUT2D eigenvalue weighted by atomic mass is 9.90. The summed E-state index contributed by atoms with van der Waals surface area (Å²) < 4.78 is 12.2. The minimum absolute atomic E-state index is 0.127. The number of nitrogens with two attached hydrogens (primary N) is 1. The lowest BCUT2D eigenvalue weighted by Crippen LogP contribution is -2.41. The van der Waals surface area contributed by atoms with Crippen LogP contribution in [-0.2, 0) is 11.2 Å². The molecule has 2 N–H and O–H groups in total. The van der Waals surface area contributed by atoms with Gasteiger partial charge in [-0.1, -0.05) is 25.0 Å². The minimum Gasteiger partial charge on any atom is -0.490 e. The molecule has 0 amide bonds. The van der Waals surface area contributed by atoms with Gasteiger partial charge in [0.05, 0.1) is 12.2 Å². The third-order valence-electron chi connectivity index (χ3n) is 4.62. The van der Waals surface area contributed by atoms with Crippen molar-refractivity contribution in [2.24, 2.45) is 5.73 Å². The van der Waals surface area contributed by atoms with E-state index in [9.17, 15) is 0 Å². The van der Waals surface area contributed by atoms with Crippen molar-refractivity contribution in [1.82, 2.24) is 0 Å². The fourth-order valence-electron chi connectivity index (χ4n) is 3.54. The topological polar surface area (TPSA) is 44.5 Å². The molecule has 2 fully saturated rings. The first-order valence-corrected chi connectivity index (χ1v) is 7.89. The van der Waals surface area contributed by atoms with E-state index in [1.807, 2.05) is 0 Å². The zero-order valence-corrected chi connectivity index (χ0v) is 12.1. The molecule has 0 aromatic heterocycles. The van der Waals surface area contributed by atoms with E-state index in [2.05, 4.69) is 24.3 Å². The summed E-state index contributed by atoms with van der Waals surface area (Å²) in [7, 11) is 0. The molecule has 1 saturated carbocycles. The smallest absolute Gasteiger partial charge is 0.119 e. The summed E-state index contributed by atoms with van der Waals surface area (Å²) in [6.45, 7) is 1.54. The first kappa shape index (κ1) is 13.9. The molecule has 3 heteroatoms. The molecule has 3 rings (SSSR count). The predicted octanol–water partition coefficient (Wildman–Crippen LogP) is 3.06. The SMILES string of the molecule is NCCc1ccc(OC2CCOC3(CCCC3)C2)cc1. The summed E-state index contributed by atoms with van der Waals surface area (Å²) in [5, 5.41) is 0. The molecule has 110 valence electrons. The van der Waals surface area contributed by atoms with Crippen LogP contribution in [0.15, 0.2) is 24.3 Å². The molecule has 20 heavy (non-hydrogen) atoms. The van der Waals surface area contributed by atoms with Crippen LogP contribution >= 0.6 is 0 Å². The maximum atomic E-state index is 6.16. The van der Waals surface area contributed by atoms with Gasteiger partial charge < -0.3 is 15.2 Å². The molecular formula is C17H25NO2. The van der Waals surface area contributed by atoms with Gasteiger partial charge in [-0.3, -0.25) is 0 Å². The molecule has 1 saturated heterocycles. The molecule has 1 aromatic rings. The van der Waals surface area contributed by atoms with E-state index in [0.717, 1.165) is 31.6 Å². The Balaban J connectivity index is 1.59. The van der Waals surface area contributed by atoms with Crippen LogP contribution in [0.3, 0.4) is 0 Å². The van der Waals surface area contributed by atoms with Crippen molar-refractivity contribution < 1.29 is 9.47 Å². The maximum Gasteiger partial charge on any atom is 0.119 e.